The van der Waals surface area contributed by atoms with Crippen LogP contribution in [0.3, 0.4) is 0 Å². The fraction of sp³-hybridized carbons (Fsp3) is 0.0938. The predicted octanol–water partition coefficient (Wildman–Crippen LogP) is 7.25. The van der Waals surface area contributed by atoms with Gasteiger partial charge in [0.05, 0.1) is 17.8 Å². The lowest BCUT2D eigenvalue weighted by atomic mass is 10.0. The Hall–Kier alpha value is -4.57. The van der Waals surface area contributed by atoms with Gasteiger partial charge in [0, 0.05) is 33.9 Å². The number of para-hydroxylation sites is 3. The van der Waals surface area contributed by atoms with Gasteiger partial charge in [0.25, 0.3) is 5.91 Å². The Labute approximate surface area is 210 Å². The van der Waals surface area contributed by atoms with Crippen molar-refractivity contribution in [1.82, 2.24) is 4.57 Å². The van der Waals surface area contributed by atoms with Gasteiger partial charge in [-0.15, -0.1) is 0 Å². The fourth-order valence-electron chi connectivity index (χ4n) is 4.84. The van der Waals surface area contributed by atoms with Crippen LogP contribution in [0.25, 0.3) is 22.6 Å². The van der Waals surface area contributed by atoms with Gasteiger partial charge in [-0.05, 0) is 49.4 Å². The zero-order chi connectivity index (χ0) is 24.5. The van der Waals surface area contributed by atoms with E-state index >= 15 is 0 Å². The number of benzene rings is 4. The Morgan fingerprint density at radius 2 is 1.53 bits per heavy atom. The second kappa shape index (κ2) is 9.23. The monoisotopic (exact) mass is 470 g/mol. The minimum atomic E-state index is -0.0121. The molecule has 36 heavy (non-hydrogen) atoms. The highest BCUT2D eigenvalue weighted by atomic mass is 16.5. The third kappa shape index (κ3) is 3.97. The lowest BCUT2D eigenvalue weighted by Gasteiger charge is -2.16. The van der Waals surface area contributed by atoms with Crippen molar-refractivity contribution in [1.29, 1.82) is 0 Å². The summed E-state index contributed by atoms with van der Waals surface area (Å²) in [7, 11) is 0. The molecule has 0 N–H and O–H groups in total. The van der Waals surface area contributed by atoms with Crippen LogP contribution < -0.4 is 9.64 Å². The molecule has 0 saturated carbocycles. The summed E-state index contributed by atoms with van der Waals surface area (Å²) in [5.74, 6) is 0.857. The first kappa shape index (κ1) is 21.9. The molecule has 2 heterocycles. The van der Waals surface area contributed by atoms with Gasteiger partial charge in [0.1, 0.15) is 12.4 Å². The largest absolute Gasteiger partial charge is 0.492 e. The molecule has 0 radical (unpaired) electrons. The lowest BCUT2D eigenvalue weighted by molar-refractivity contribution is -0.112. The van der Waals surface area contributed by atoms with Crippen molar-refractivity contribution in [3.05, 3.63) is 126 Å². The number of hydrogen-bond donors (Lipinski definition) is 0. The minimum absolute atomic E-state index is 0.0121. The van der Waals surface area contributed by atoms with Gasteiger partial charge < -0.3 is 9.30 Å². The zero-order valence-electron chi connectivity index (χ0n) is 20.1. The van der Waals surface area contributed by atoms with Gasteiger partial charge in [0.15, 0.2) is 0 Å². The van der Waals surface area contributed by atoms with Crippen LogP contribution in [-0.2, 0) is 11.3 Å². The van der Waals surface area contributed by atoms with Crippen LogP contribution in [0.15, 0.2) is 109 Å². The Bertz CT molecular complexity index is 1580. The van der Waals surface area contributed by atoms with Crippen molar-refractivity contribution in [3.63, 3.8) is 0 Å². The van der Waals surface area contributed by atoms with Gasteiger partial charge >= 0.3 is 0 Å². The van der Waals surface area contributed by atoms with Gasteiger partial charge in [-0.2, -0.15) is 0 Å². The van der Waals surface area contributed by atoms with Gasteiger partial charge in [-0.25, -0.2) is 0 Å². The van der Waals surface area contributed by atoms with Gasteiger partial charge in [-0.1, -0.05) is 72.3 Å². The van der Waals surface area contributed by atoms with E-state index in [2.05, 4.69) is 42.0 Å². The predicted molar refractivity (Wildman–Crippen MR) is 147 cm³/mol. The number of fused-ring (bicyclic) bond motifs is 2. The summed E-state index contributed by atoms with van der Waals surface area (Å²) in [5.41, 5.74) is 6.79. The standard InChI is InChI=1S/C32H26N2O2/c1-23-15-17-26(18-16-23)36-20-19-33-22-24(27-11-5-7-13-30(27)33)21-29-28-12-6-8-14-31(28)34(32(29)35)25-9-3-2-4-10-25/h2-18,21-22H,19-20H2,1H3/b29-21+. The molecule has 4 nitrogen and oxygen atoms in total. The molecule has 0 spiro atoms. The van der Waals surface area contributed by atoms with E-state index in [0.717, 1.165) is 39.2 Å². The molecule has 1 amide bonds. The number of anilines is 2. The number of carbonyl (C=O) groups excluding carboxylic acids is 1. The molecule has 4 heteroatoms. The van der Waals surface area contributed by atoms with E-state index in [1.807, 2.05) is 84.9 Å². The molecule has 176 valence electrons. The minimum Gasteiger partial charge on any atom is -0.492 e. The average molecular weight is 471 g/mol. The van der Waals surface area contributed by atoms with Crippen LogP contribution in [0.5, 0.6) is 5.75 Å². The Balaban J connectivity index is 1.35. The van der Waals surface area contributed by atoms with Crippen LogP contribution in [-0.4, -0.2) is 17.1 Å². The normalized spacial score (nSPS) is 14.0. The molecular weight excluding hydrogens is 444 g/mol. The van der Waals surface area contributed by atoms with E-state index in [1.165, 1.54) is 5.56 Å². The maximum atomic E-state index is 13.7. The summed E-state index contributed by atoms with van der Waals surface area (Å²) in [6.45, 7) is 3.33. The number of carbonyl (C=O) groups is 1. The van der Waals surface area contributed by atoms with Crippen LogP contribution in [0, 0.1) is 6.92 Å². The average Bonchev–Trinajstić information content (AvgIpc) is 3.40. The number of aryl methyl sites for hydroxylation is 1. The molecule has 0 bridgehead atoms. The van der Waals surface area contributed by atoms with Crippen LogP contribution >= 0.6 is 0 Å². The molecule has 0 unspecified atom stereocenters. The molecule has 1 aliphatic rings. The first-order valence-corrected chi connectivity index (χ1v) is 12.2. The van der Waals surface area contributed by atoms with Crippen molar-refractivity contribution >= 4 is 39.8 Å². The van der Waals surface area contributed by atoms with Crippen molar-refractivity contribution in [2.45, 2.75) is 13.5 Å². The molecule has 1 aliphatic heterocycles. The Morgan fingerprint density at radius 1 is 0.806 bits per heavy atom. The number of nitrogens with zero attached hydrogens (tertiary/aromatic N) is 2. The number of aromatic nitrogens is 1. The number of rotatable bonds is 6. The van der Waals surface area contributed by atoms with Crippen LogP contribution in [0.4, 0.5) is 11.4 Å². The molecule has 4 aromatic carbocycles. The van der Waals surface area contributed by atoms with Crippen molar-refractivity contribution < 1.29 is 9.53 Å². The van der Waals surface area contributed by atoms with E-state index in [-0.39, 0.29) is 5.91 Å². The summed E-state index contributed by atoms with van der Waals surface area (Å²) in [6.07, 6.45) is 4.15. The maximum Gasteiger partial charge on any atom is 0.263 e. The lowest BCUT2D eigenvalue weighted by Crippen LogP contribution is -2.20. The first-order chi connectivity index (χ1) is 17.7. The Morgan fingerprint density at radius 3 is 2.36 bits per heavy atom. The molecule has 0 saturated heterocycles. The third-order valence-corrected chi connectivity index (χ3v) is 6.62. The Kier molecular flexibility index (Phi) is 5.62. The van der Waals surface area contributed by atoms with E-state index in [0.29, 0.717) is 18.7 Å². The van der Waals surface area contributed by atoms with Gasteiger partial charge in [-0.3, -0.25) is 9.69 Å². The van der Waals surface area contributed by atoms with E-state index in [4.69, 9.17) is 4.74 Å². The highest BCUT2D eigenvalue weighted by molar-refractivity contribution is 6.38. The zero-order valence-corrected chi connectivity index (χ0v) is 20.1. The molecule has 0 aliphatic carbocycles. The first-order valence-electron chi connectivity index (χ1n) is 12.2. The summed E-state index contributed by atoms with van der Waals surface area (Å²) in [6, 6.07) is 34.2. The summed E-state index contributed by atoms with van der Waals surface area (Å²) < 4.78 is 8.19. The smallest absolute Gasteiger partial charge is 0.263 e. The maximum absolute atomic E-state index is 13.7. The fourth-order valence-corrected chi connectivity index (χ4v) is 4.84. The van der Waals surface area contributed by atoms with Crippen LogP contribution in [0.1, 0.15) is 16.7 Å². The van der Waals surface area contributed by atoms with Gasteiger partial charge in [0.2, 0.25) is 0 Å². The molecule has 1 aromatic heterocycles. The quantitative estimate of drug-likeness (QED) is 0.245. The van der Waals surface area contributed by atoms with Crippen LogP contribution in [0.2, 0.25) is 0 Å². The molecule has 6 rings (SSSR count). The number of amides is 1. The van der Waals surface area contributed by atoms with Crippen molar-refractivity contribution in [2.24, 2.45) is 0 Å². The van der Waals surface area contributed by atoms with Crippen molar-refractivity contribution in [2.75, 3.05) is 11.5 Å². The number of ether oxygens (including phenoxy) is 1. The summed E-state index contributed by atoms with van der Waals surface area (Å²) in [5, 5.41) is 1.11. The second-order valence-corrected chi connectivity index (χ2v) is 9.01. The summed E-state index contributed by atoms with van der Waals surface area (Å²) in [4.78, 5) is 15.5. The molecule has 0 atom stereocenters. The molecular formula is C32H26N2O2. The van der Waals surface area contributed by atoms with E-state index < -0.39 is 0 Å². The highest BCUT2D eigenvalue weighted by Gasteiger charge is 2.33. The third-order valence-electron chi connectivity index (χ3n) is 6.62. The SMILES string of the molecule is Cc1ccc(OCCn2cc(/C=C3/C(=O)N(c4ccccc4)c4ccccc43)c3ccccc32)cc1. The molecule has 5 aromatic rings. The van der Waals surface area contributed by atoms with E-state index in [9.17, 15) is 4.79 Å². The summed E-state index contributed by atoms with van der Waals surface area (Å²) >= 11 is 0. The van der Waals surface area contributed by atoms with E-state index in [1.54, 1.807) is 4.90 Å². The topological polar surface area (TPSA) is 34.5 Å². The molecule has 0 fully saturated rings. The van der Waals surface area contributed by atoms with Crippen molar-refractivity contribution in [3.8, 4) is 5.75 Å². The highest BCUT2D eigenvalue weighted by Crippen LogP contribution is 2.42. The number of hydrogen-bond acceptors (Lipinski definition) is 2. The second-order valence-electron chi connectivity index (χ2n) is 9.01.